The Morgan fingerprint density at radius 2 is 1.71 bits per heavy atom. The monoisotopic (exact) mass is 196 g/mol. The smallest absolute Gasteiger partial charge is 0.0346 e. The van der Waals surface area contributed by atoms with Gasteiger partial charge in [0.15, 0.2) is 0 Å². The predicted octanol–water partition coefficient (Wildman–Crippen LogP) is 5.20. The summed E-state index contributed by atoms with van der Waals surface area (Å²) in [6.07, 6.45) is 7.69. The minimum atomic E-state index is 0.505. The molecule has 0 aliphatic rings. The van der Waals surface area contributed by atoms with Gasteiger partial charge in [-0.1, -0.05) is 45.8 Å². The molecular formula is C14H28. The zero-order valence-corrected chi connectivity index (χ0v) is 11.0. The van der Waals surface area contributed by atoms with E-state index < -0.39 is 0 Å². The first kappa shape index (κ1) is 13.7. The quantitative estimate of drug-likeness (QED) is 0.530. The van der Waals surface area contributed by atoms with E-state index in [0.717, 1.165) is 5.92 Å². The van der Waals surface area contributed by atoms with Crippen molar-refractivity contribution in [3.63, 3.8) is 0 Å². The van der Waals surface area contributed by atoms with Gasteiger partial charge in [0.05, 0.1) is 0 Å². The van der Waals surface area contributed by atoms with Crippen molar-refractivity contribution in [3.05, 3.63) is 11.6 Å². The van der Waals surface area contributed by atoms with Crippen molar-refractivity contribution >= 4 is 0 Å². The molecule has 0 aliphatic heterocycles. The summed E-state index contributed by atoms with van der Waals surface area (Å²) in [7, 11) is 0. The molecule has 0 spiro atoms. The molecule has 14 heavy (non-hydrogen) atoms. The van der Waals surface area contributed by atoms with Crippen molar-refractivity contribution in [1.82, 2.24) is 0 Å². The summed E-state index contributed by atoms with van der Waals surface area (Å²) in [6.45, 7) is 13.7. The number of allylic oxidation sites excluding steroid dienone is 2. The summed E-state index contributed by atoms with van der Waals surface area (Å²) in [5.41, 5.74) is 1.96. The van der Waals surface area contributed by atoms with E-state index in [-0.39, 0.29) is 0 Å². The van der Waals surface area contributed by atoms with E-state index in [1.165, 1.54) is 31.3 Å². The lowest BCUT2D eigenvalue weighted by Crippen LogP contribution is -2.07. The van der Waals surface area contributed by atoms with Crippen molar-refractivity contribution in [2.24, 2.45) is 11.3 Å². The van der Waals surface area contributed by atoms with Crippen LogP contribution in [-0.4, -0.2) is 0 Å². The van der Waals surface area contributed by atoms with Gasteiger partial charge in [-0.25, -0.2) is 0 Å². The molecule has 0 fully saturated rings. The minimum absolute atomic E-state index is 0.505. The maximum atomic E-state index is 2.38. The Morgan fingerprint density at radius 3 is 2.14 bits per heavy atom. The topological polar surface area (TPSA) is 0 Å². The second-order valence-electron chi connectivity index (χ2n) is 6.06. The highest BCUT2D eigenvalue weighted by atomic mass is 14.2. The Kier molecular flexibility index (Phi) is 6.15. The van der Waals surface area contributed by atoms with Crippen molar-refractivity contribution in [1.29, 1.82) is 0 Å². The van der Waals surface area contributed by atoms with Crippen LogP contribution in [0.1, 0.15) is 67.2 Å². The van der Waals surface area contributed by atoms with Gasteiger partial charge in [0.1, 0.15) is 0 Å². The molecule has 1 atom stereocenters. The first-order valence-electron chi connectivity index (χ1n) is 5.94. The van der Waals surface area contributed by atoms with E-state index in [9.17, 15) is 0 Å². The summed E-state index contributed by atoms with van der Waals surface area (Å²) in [4.78, 5) is 0. The average molecular weight is 196 g/mol. The first-order valence-corrected chi connectivity index (χ1v) is 5.94. The van der Waals surface area contributed by atoms with Crippen LogP contribution in [0.5, 0.6) is 0 Å². The van der Waals surface area contributed by atoms with E-state index in [0.29, 0.717) is 5.41 Å². The number of hydrogen-bond donors (Lipinski definition) is 0. The van der Waals surface area contributed by atoms with Crippen molar-refractivity contribution in [3.8, 4) is 0 Å². The van der Waals surface area contributed by atoms with Crippen LogP contribution < -0.4 is 0 Å². The summed E-state index contributed by atoms with van der Waals surface area (Å²) in [5.74, 6) is 0.879. The van der Waals surface area contributed by atoms with E-state index >= 15 is 0 Å². The summed E-state index contributed by atoms with van der Waals surface area (Å²) in [6, 6.07) is 0. The number of rotatable bonds is 5. The minimum Gasteiger partial charge on any atom is -0.0859 e. The van der Waals surface area contributed by atoms with Crippen molar-refractivity contribution in [2.45, 2.75) is 67.2 Å². The summed E-state index contributed by atoms with van der Waals surface area (Å²) in [5, 5.41) is 0. The molecular weight excluding hydrogens is 168 g/mol. The zero-order chi connectivity index (χ0) is 11.2. The van der Waals surface area contributed by atoms with Crippen LogP contribution in [0.4, 0.5) is 0 Å². The highest BCUT2D eigenvalue weighted by molar-refractivity contribution is 4.92. The molecule has 0 N–H and O–H groups in total. The van der Waals surface area contributed by atoms with Gasteiger partial charge in [-0.2, -0.15) is 0 Å². The summed E-state index contributed by atoms with van der Waals surface area (Å²) < 4.78 is 0. The van der Waals surface area contributed by atoms with E-state index in [1.807, 2.05) is 0 Å². The molecule has 0 saturated carbocycles. The molecule has 0 aromatic carbocycles. The van der Waals surface area contributed by atoms with Gasteiger partial charge in [0.25, 0.3) is 0 Å². The lowest BCUT2D eigenvalue weighted by atomic mass is 9.86. The molecule has 0 amide bonds. The van der Waals surface area contributed by atoms with Crippen LogP contribution in [0.3, 0.4) is 0 Å². The van der Waals surface area contributed by atoms with Crippen LogP contribution in [0.2, 0.25) is 0 Å². The second-order valence-corrected chi connectivity index (χ2v) is 6.06. The van der Waals surface area contributed by atoms with Gasteiger partial charge in [-0.05, 0) is 44.4 Å². The highest BCUT2D eigenvalue weighted by Gasteiger charge is 2.11. The molecule has 0 heteroatoms. The third kappa shape index (κ3) is 9.83. The fraction of sp³-hybridized carbons (Fsp3) is 0.857. The van der Waals surface area contributed by atoms with Crippen molar-refractivity contribution in [2.75, 3.05) is 0 Å². The first-order chi connectivity index (χ1) is 6.31. The van der Waals surface area contributed by atoms with Crippen LogP contribution in [0.25, 0.3) is 0 Å². The van der Waals surface area contributed by atoms with Gasteiger partial charge in [-0.3, -0.25) is 0 Å². The van der Waals surface area contributed by atoms with Crippen LogP contribution >= 0.6 is 0 Å². The molecule has 0 bridgehead atoms. The largest absolute Gasteiger partial charge is 0.0859 e. The molecule has 0 radical (unpaired) electrons. The van der Waals surface area contributed by atoms with E-state index in [4.69, 9.17) is 0 Å². The Labute approximate surface area is 90.8 Å². The maximum Gasteiger partial charge on any atom is -0.0346 e. The van der Waals surface area contributed by atoms with Gasteiger partial charge in [0, 0.05) is 0 Å². The molecule has 0 heterocycles. The predicted molar refractivity (Wildman–Crippen MR) is 66.5 cm³/mol. The molecule has 0 nitrogen and oxygen atoms in total. The standard InChI is InChI=1S/C14H28/c1-12(2)8-7-9-13(3)10-11-14(4,5)6/h8,13H,7,9-11H2,1-6H3. The van der Waals surface area contributed by atoms with Gasteiger partial charge < -0.3 is 0 Å². The second kappa shape index (κ2) is 6.27. The normalized spacial score (nSPS) is 13.9. The molecule has 0 aliphatic carbocycles. The third-order valence-electron chi connectivity index (χ3n) is 2.60. The Morgan fingerprint density at radius 1 is 1.14 bits per heavy atom. The lowest BCUT2D eigenvalue weighted by Gasteiger charge is -2.20. The fourth-order valence-corrected chi connectivity index (χ4v) is 1.48. The summed E-state index contributed by atoms with van der Waals surface area (Å²) >= 11 is 0. The molecule has 0 aromatic heterocycles. The maximum absolute atomic E-state index is 2.38. The average Bonchev–Trinajstić information content (AvgIpc) is 1.99. The Bertz CT molecular complexity index is 165. The van der Waals surface area contributed by atoms with Gasteiger partial charge >= 0.3 is 0 Å². The third-order valence-corrected chi connectivity index (χ3v) is 2.60. The Balaban J connectivity index is 3.56. The molecule has 0 rings (SSSR count). The van der Waals surface area contributed by atoms with Crippen molar-refractivity contribution < 1.29 is 0 Å². The van der Waals surface area contributed by atoms with E-state index in [2.05, 4.69) is 47.6 Å². The lowest BCUT2D eigenvalue weighted by molar-refractivity contribution is 0.324. The number of hydrogen-bond acceptors (Lipinski definition) is 0. The molecule has 0 saturated heterocycles. The molecule has 84 valence electrons. The van der Waals surface area contributed by atoms with Crippen LogP contribution in [-0.2, 0) is 0 Å². The fourth-order valence-electron chi connectivity index (χ4n) is 1.48. The van der Waals surface area contributed by atoms with Gasteiger partial charge in [-0.15, -0.1) is 0 Å². The Hall–Kier alpha value is -0.260. The zero-order valence-electron chi connectivity index (χ0n) is 11.0. The SMILES string of the molecule is CC(C)=CCCC(C)CCC(C)(C)C. The van der Waals surface area contributed by atoms with Crippen LogP contribution in [0.15, 0.2) is 11.6 Å². The molecule has 1 unspecified atom stereocenters. The van der Waals surface area contributed by atoms with Crippen LogP contribution in [0, 0.1) is 11.3 Å². The van der Waals surface area contributed by atoms with Gasteiger partial charge in [0.2, 0.25) is 0 Å². The molecule has 0 aromatic rings. The van der Waals surface area contributed by atoms with E-state index in [1.54, 1.807) is 0 Å². The highest BCUT2D eigenvalue weighted by Crippen LogP contribution is 2.25.